The molecule has 10 nitrogen and oxygen atoms in total. The number of aromatic nitrogens is 4. The molecular formula is C23H28FN7O3. The number of nitrogens with two attached hydrogens (primary N) is 1. The maximum Gasteiger partial charge on any atom is 0.404 e. The molecule has 0 atom stereocenters. The van der Waals surface area contributed by atoms with Gasteiger partial charge in [0.2, 0.25) is 5.95 Å². The van der Waals surface area contributed by atoms with Crippen LogP contribution < -0.4 is 16.4 Å². The van der Waals surface area contributed by atoms with Crippen molar-refractivity contribution in [2.24, 2.45) is 5.73 Å². The van der Waals surface area contributed by atoms with Crippen molar-refractivity contribution in [2.45, 2.75) is 57.6 Å². The highest BCUT2D eigenvalue weighted by atomic mass is 19.1. The second-order valence-electron chi connectivity index (χ2n) is 8.33. The van der Waals surface area contributed by atoms with E-state index in [-0.39, 0.29) is 12.1 Å². The molecule has 0 spiro atoms. The number of carbonyl (C=O) groups excluding carboxylic acids is 2. The van der Waals surface area contributed by atoms with Crippen LogP contribution in [0.4, 0.5) is 21.0 Å². The Hall–Kier alpha value is -3.76. The van der Waals surface area contributed by atoms with E-state index in [4.69, 9.17) is 10.5 Å². The van der Waals surface area contributed by atoms with Crippen molar-refractivity contribution in [3.63, 3.8) is 0 Å². The molecular weight excluding hydrogens is 441 g/mol. The fraction of sp³-hybridized carbons (Fsp3) is 0.435. The average Bonchev–Trinajstić information content (AvgIpc) is 3.17. The van der Waals surface area contributed by atoms with Crippen molar-refractivity contribution in [2.75, 3.05) is 17.2 Å². The Kier molecular flexibility index (Phi) is 7.19. The molecule has 1 aliphatic carbocycles. The Labute approximate surface area is 196 Å². The van der Waals surface area contributed by atoms with E-state index in [1.165, 1.54) is 24.3 Å². The summed E-state index contributed by atoms with van der Waals surface area (Å²) in [6, 6.07) is 5.29. The van der Waals surface area contributed by atoms with Gasteiger partial charge in [0.05, 0.1) is 11.4 Å². The predicted octanol–water partition coefficient (Wildman–Crippen LogP) is 4.01. The zero-order valence-electron chi connectivity index (χ0n) is 19.0. The quantitative estimate of drug-likeness (QED) is 0.424. The normalized spacial score (nSPS) is 17.9. The summed E-state index contributed by atoms with van der Waals surface area (Å²) in [5, 5.41) is 11.3. The molecule has 2 heterocycles. The van der Waals surface area contributed by atoms with Crippen LogP contribution in [0.2, 0.25) is 0 Å². The van der Waals surface area contributed by atoms with Crippen LogP contribution in [0.25, 0.3) is 11.0 Å². The average molecular weight is 470 g/mol. The van der Waals surface area contributed by atoms with Crippen LogP contribution >= 0.6 is 0 Å². The lowest BCUT2D eigenvalue weighted by molar-refractivity contribution is 0.0714. The standard InChI is InChI=1S/C23H28FN7O3/c1-2-3-12-26-23-27-13-18-19(28-21(32)14-4-6-15(24)7-5-14)30-31(20(18)29-23)16-8-10-17(11-9-16)34-22(25)33/h4-7,13,16-17H,2-3,8-12H2,1H3,(H2,25,33)(H,26,27,29)(H,28,30,32). The molecule has 1 saturated carbocycles. The molecule has 0 aliphatic heterocycles. The molecule has 4 N–H and O–H groups in total. The zero-order chi connectivity index (χ0) is 24.1. The van der Waals surface area contributed by atoms with Gasteiger partial charge in [-0.2, -0.15) is 10.1 Å². The number of anilines is 2. The molecule has 1 aliphatic rings. The Morgan fingerprint density at radius 3 is 2.62 bits per heavy atom. The fourth-order valence-corrected chi connectivity index (χ4v) is 4.09. The van der Waals surface area contributed by atoms with E-state index in [2.05, 4.69) is 32.6 Å². The lowest BCUT2D eigenvalue weighted by atomic mass is 9.93. The smallest absolute Gasteiger partial charge is 0.404 e. The summed E-state index contributed by atoms with van der Waals surface area (Å²) in [6.45, 7) is 2.86. The zero-order valence-corrected chi connectivity index (χ0v) is 19.0. The predicted molar refractivity (Wildman–Crippen MR) is 125 cm³/mol. The third kappa shape index (κ3) is 5.41. The number of fused-ring (bicyclic) bond motifs is 1. The Bertz CT molecular complexity index is 1160. The van der Waals surface area contributed by atoms with Crippen LogP contribution in [0, 0.1) is 5.82 Å². The maximum atomic E-state index is 13.2. The first-order valence-corrected chi connectivity index (χ1v) is 11.5. The number of ether oxygens (including phenoxy) is 1. The van der Waals surface area contributed by atoms with E-state index in [0.717, 1.165) is 19.4 Å². The summed E-state index contributed by atoms with van der Waals surface area (Å²) < 4.78 is 20.2. The third-order valence-corrected chi connectivity index (χ3v) is 5.87. The van der Waals surface area contributed by atoms with Crippen molar-refractivity contribution >= 4 is 34.8 Å². The summed E-state index contributed by atoms with van der Waals surface area (Å²) in [7, 11) is 0. The summed E-state index contributed by atoms with van der Waals surface area (Å²) in [5.74, 6) is -0.00170. The largest absolute Gasteiger partial charge is 0.446 e. The van der Waals surface area contributed by atoms with Crippen LogP contribution in [0.15, 0.2) is 30.5 Å². The number of carbonyl (C=O) groups is 2. The molecule has 2 aromatic heterocycles. The van der Waals surface area contributed by atoms with Gasteiger partial charge in [-0.15, -0.1) is 0 Å². The Balaban J connectivity index is 1.61. The minimum Gasteiger partial charge on any atom is -0.446 e. The molecule has 4 rings (SSSR count). The van der Waals surface area contributed by atoms with Gasteiger partial charge in [0.1, 0.15) is 11.9 Å². The van der Waals surface area contributed by atoms with Gasteiger partial charge in [0, 0.05) is 18.3 Å². The van der Waals surface area contributed by atoms with E-state index in [1.807, 2.05) is 4.68 Å². The number of nitrogens with zero attached hydrogens (tertiary/aromatic N) is 4. The number of primary amides is 1. The first-order valence-electron chi connectivity index (χ1n) is 11.5. The Morgan fingerprint density at radius 1 is 1.21 bits per heavy atom. The number of amides is 2. The lowest BCUT2D eigenvalue weighted by Gasteiger charge is -2.28. The van der Waals surface area contributed by atoms with E-state index in [1.54, 1.807) is 6.20 Å². The summed E-state index contributed by atoms with van der Waals surface area (Å²) >= 11 is 0. The van der Waals surface area contributed by atoms with Gasteiger partial charge < -0.3 is 21.1 Å². The van der Waals surface area contributed by atoms with Crippen LogP contribution in [0.1, 0.15) is 61.8 Å². The molecule has 180 valence electrons. The number of hydrogen-bond donors (Lipinski definition) is 3. The van der Waals surface area contributed by atoms with Crippen molar-refractivity contribution in [3.05, 3.63) is 41.8 Å². The number of unbranched alkanes of at least 4 members (excludes halogenated alkanes) is 1. The molecule has 3 aromatic rings. The van der Waals surface area contributed by atoms with Gasteiger partial charge in [0.15, 0.2) is 11.5 Å². The second-order valence-corrected chi connectivity index (χ2v) is 8.33. The number of hydrogen-bond acceptors (Lipinski definition) is 7. The number of rotatable bonds is 8. The summed E-state index contributed by atoms with van der Waals surface area (Å²) in [6.07, 6.45) is 5.42. The van der Waals surface area contributed by atoms with Crippen LogP contribution in [-0.2, 0) is 4.74 Å². The minimum absolute atomic E-state index is 0.00471. The molecule has 0 radical (unpaired) electrons. The monoisotopic (exact) mass is 469 g/mol. The highest BCUT2D eigenvalue weighted by Crippen LogP contribution is 2.34. The van der Waals surface area contributed by atoms with Crippen molar-refractivity contribution in [1.82, 2.24) is 19.7 Å². The molecule has 0 saturated heterocycles. The SMILES string of the molecule is CCCCNc1ncc2c(NC(=O)c3ccc(F)cc3)nn(C3CCC(OC(N)=O)CC3)c2n1. The number of halogens is 1. The lowest BCUT2D eigenvalue weighted by Crippen LogP contribution is -2.28. The minimum atomic E-state index is -0.769. The second kappa shape index (κ2) is 10.4. The van der Waals surface area contributed by atoms with Gasteiger partial charge in [0.25, 0.3) is 5.91 Å². The van der Waals surface area contributed by atoms with Gasteiger partial charge in [-0.25, -0.2) is 18.9 Å². The summed E-state index contributed by atoms with van der Waals surface area (Å²) in [5.41, 5.74) is 6.06. The van der Waals surface area contributed by atoms with Gasteiger partial charge in [-0.3, -0.25) is 4.79 Å². The van der Waals surface area contributed by atoms with Crippen LogP contribution in [0.5, 0.6) is 0 Å². The maximum absolute atomic E-state index is 13.2. The first-order chi connectivity index (χ1) is 16.4. The number of nitrogens with one attached hydrogen (secondary N) is 2. The summed E-state index contributed by atoms with van der Waals surface area (Å²) in [4.78, 5) is 32.9. The van der Waals surface area contributed by atoms with Crippen LogP contribution in [0.3, 0.4) is 0 Å². The van der Waals surface area contributed by atoms with Gasteiger partial charge in [-0.05, 0) is 56.4 Å². The van der Waals surface area contributed by atoms with Crippen molar-refractivity contribution < 1.29 is 18.7 Å². The number of benzene rings is 1. The highest BCUT2D eigenvalue weighted by molar-refractivity contribution is 6.07. The molecule has 1 aromatic carbocycles. The van der Waals surface area contributed by atoms with Crippen molar-refractivity contribution in [1.29, 1.82) is 0 Å². The molecule has 0 unspecified atom stereocenters. The molecule has 34 heavy (non-hydrogen) atoms. The van der Waals surface area contributed by atoms with E-state index in [0.29, 0.717) is 54.0 Å². The third-order valence-electron chi connectivity index (χ3n) is 5.87. The van der Waals surface area contributed by atoms with Crippen LogP contribution in [-0.4, -0.2) is 44.4 Å². The highest BCUT2D eigenvalue weighted by Gasteiger charge is 2.28. The van der Waals surface area contributed by atoms with Gasteiger partial charge in [-0.1, -0.05) is 13.3 Å². The van der Waals surface area contributed by atoms with E-state index < -0.39 is 17.8 Å². The molecule has 2 amide bonds. The van der Waals surface area contributed by atoms with Gasteiger partial charge >= 0.3 is 6.09 Å². The molecule has 0 bridgehead atoms. The van der Waals surface area contributed by atoms with Crippen molar-refractivity contribution in [3.8, 4) is 0 Å². The molecule has 1 fully saturated rings. The van der Waals surface area contributed by atoms with E-state index in [9.17, 15) is 14.0 Å². The van der Waals surface area contributed by atoms with E-state index >= 15 is 0 Å². The molecule has 11 heteroatoms. The fourth-order valence-electron chi connectivity index (χ4n) is 4.09. The Morgan fingerprint density at radius 2 is 1.94 bits per heavy atom. The topological polar surface area (TPSA) is 137 Å². The first kappa shape index (κ1) is 23.4.